The van der Waals surface area contributed by atoms with Crippen molar-refractivity contribution < 1.29 is 23.0 Å². The number of imidazole rings is 1. The van der Waals surface area contributed by atoms with Crippen molar-refractivity contribution in [2.24, 2.45) is 5.92 Å². The largest absolute Gasteiger partial charge is 0.486 e. The van der Waals surface area contributed by atoms with E-state index in [9.17, 15) is 18.3 Å². The molecule has 0 spiro atoms. The van der Waals surface area contributed by atoms with Gasteiger partial charge in [-0.1, -0.05) is 44.2 Å². The molecule has 0 fully saturated rings. The summed E-state index contributed by atoms with van der Waals surface area (Å²) in [6, 6.07) is 18.1. The van der Waals surface area contributed by atoms with Crippen LogP contribution in [0.2, 0.25) is 0 Å². The number of rotatable bonds is 6. The lowest BCUT2D eigenvalue weighted by molar-refractivity contribution is -0.137. The van der Waals surface area contributed by atoms with Crippen LogP contribution in [0.4, 0.5) is 13.2 Å². The van der Waals surface area contributed by atoms with Crippen molar-refractivity contribution in [2.45, 2.75) is 32.7 Å². The SMILES string of the molecule is CC(C)C(O)c1ccccc1-c1ccc2[nH]c(COc3ccc(C(F)(F)F)cc3)nc2c1. The Morgan fingerprint density at radius 1 is 1.00 bits per heavy atom. The van der Waals surface area contributed by atoms with Crippen LogP contribution >= 0.6 is 0 Å². The average Bonchev–Trinajstić information content (AvgIpc) is 3.19. The highest BCUT2D eigenvalue weighted by Gasteiger charge is 2.30. The number of nitrogens with zero attached hydrogens (tertiary/aromatic N) is 1. The van der Waals surface area contributed by atoms with E-state index < -0.39 is 17.8 Å². The smallest absolute Gasteiger partial charge is 0.416 e. The molecule has 1 atom stereocenters. The molecule has 4 rings (SSSR count). The second kappa shape index (κ2) is 8.67. The van der Waals surface area contributed by atoms with Crippen molar-refractivity contribution >= 4 is 11.0 Å². The van der Waals surface area contributed by atoms with Crippen molar-refractivity contribution in [2.75, 3.05) is 0 Å². The van der Waals surface area contributed by atoms with Crippen molar-refractivity contribution in [3.63, 3.8) is 0 Å². The number of nitrogens with one attached hydrogen (secondary N) is 1. The van der Waals surface area contributed by atoms with Crippen LogP contribution < -0.4 is 4.74 Å². The van der Waals surface area contributed by atoms with Gasteiger partial charge in [-0.2, -0.15) is 13.2 Å². The van der Waals surface area contributed by atoms with Gasteiger partial charge in [0.25, 0.3) is 0 Å². The van der Waals surface area contributed by atoms with Crippen molar-refractivity contribution in [3.05, 3.63) is 83.7 Å². The van der Waals surface area contributed by atoms with E-state index in [2.05, 4.69) is 9.97 Å². The van der Waals surface area contributed by atoms with Crippen LogP contribution in [-0.4, -0.2) is 15.1 Å². The zero-order valence-electron chi connectivity index (χ0n) is 17.6. The molecule has 0 saturated carbocycles. The fourth-order valence-corrected chi connectivity index (χ4v) is 3.56. The molecule has 0 amide bonds. The molecule has 0 aliphatic carbocycles. The van der Waals surface area contributed by atoms with Crippen LogP contribution in [0.15, 0.2) is 66.7 Å². The Hall–Kier alpha value is -3.32. The molecule has 0 bridgehead atoms. The fraction of sp³-hybridized carbons (Fsp3) is 0.240. The van der Waals surface area contributed by atoms with Crippen LogP contribution in [0.5, 0.6) is 5.75 Å². The lowest BCUT2D eigenvalue weighted by Gasteiger charge is -2.18. The summed E-state index contributed by atoms with van der Waals surface area (Å²) in [5.74, 6) is 0.975. The number of aliphatic hydroxyl groups excluding tert-OH is 1. The van der Waals surface area contributed by atoms with E-state index in [-0.39, 0.29) is 12.5 Å². The Balaban J connectivity index is 1.54. The van der Waals surface area contributed by atoms with Crippen molar-refractivity contribution in [3.8, 4) is 16.9 Å². The second-order valence-electron chi connectivity index (χ2n) is 8.00. The first-order valence-electron chi connectivity index (χ1n) is 10.3. The van der Waals surface area contributed by atoms with Crippen LogP contribution in [0, 0.1) is 5.92 Å². The maximum absolute atomic E-state index is 12.7. The number of ether oxygens (including phenoxy) is 1. The van der Waals surface area contributed by atoms with Gasteiger partial charge in [0.2, 0.25) is 0 Å². The van der Waals surface area contributed by atoms with E-state index in [1.165, 1.54) is 12.1 Å². The Morgan fingerprint density at radius 3 is 2.41 bits per heavy atom. The third-order valence-electron chi connectivity index (χ3n) is 5.31. The summed E-state index contributed by atoms with van der Waals surface area (Å²) >= 11 is 0. The summed E-state index contributed by atoms with van der Waals surface area (Å²) in [6.07, 6.45) is -4.95. The Morgan fingerprint density at radius 2 is 1.72 bits per heavy atom. The van der Waals surface area contributed by atoms with E-state index in [1.807, 2.05) is 56.3 Å². The molecule has 3 aromatic carbocycles. The second-order valence-corrected chi connectivity index (χ2v) is 8.00. The first-order valence-corrected chi connectivity index (χ1v) is 10.3. The van der Waals surface area contributed by atoms with Gasteiger partial charge >= 0.3 is 6.18 Å². The average molecular weight is 440 g/mol. The molecule has 4 aromatic rings. The minimum absolute atomic E-state index is 0.0826. The number of hydrogen-bond donors (Lipinski definition) is 2. The predicted molar refractivity (Wildman–Crippen MR) is 117 cm³/mol. The van der Waals surface area contributed by atoms with Gasteiger partial charge in [-0.25, -0.2) is 4.98 Å². The summed E-state index contributed by atoms with van der Waals surface area (Å²) in [6.45, 7) is 4.04. The maximum Gasteiger partial charge on any atom is 0.416 e. The van der Waals surface area contributed by atoms with Gasteiger partial charge in [-0.05, 0) is 59.0 Å². The first-order chi connectivity index (χ1) is 15.2. The van der Waals surface area contributed by atoms with Gasteiger partial charge in [-0.15, -0.1) is 0 Å². The molecule has 0 saturated heterocycles. The number of aliphatic hydroxyl groups is 1. The summed E-state index contributed by atoms with van der Waals surface area (Å²) in [7, 11) is 0. The van der Waals surface area contributed by atoms with E-state index >= 15 is 0 Å². The van der Waals surface area contributed by atoms with E-state index in [4.69, 9.17) is 4.74 Å². The number of halogens is 3. The number of hydrogen-bond acceptors (Lipinski definition) is 3. The number of aromatic amines is 1. The molecule has 1 aromatic heterocycles. The number of benzene rings is 3. The van der Waals surface area contributed by atoms with Crippen molar-refractivity contribution in [1.82, 2.24) is 9.97 Å². The van der Waals surface area contributed by atoms with Crippen LogP contribution in [0.1, 0.15) is 36.9 Å². The molecule has 0 aliphatic heterocycles. The standard InChI is InChI=1S/C25H23F3N2O2/c1-15(2)24(31)20-6-4-3-5-19(20)16-7-12-21-22(13-16)30-23(29-21)14-32-18-10-8-17(9-11-18)25(26,27)28/h3-13,15,24,31H,14H2,1-2H3,(H,29,30). The highest BCUT2D eigenvalue weighted by Crippen LogP contribution is 2.33. The van der Waals surface area contributed by atoms with E-state index in [0.717, 1.165) is 39.9 Å². The number of fused-ring (bicyclic) bond motifs is 1. The third-order valence-corrected chi connectivity index (χ3v) is 5.31. The topological polar surface area (TPSA) is 58.1 Å². The minimum Gasteiger partial charge on any atom is -0.486 e. The number of alkyl halides is 3. The zero-order chi connectivity index (χ0) is 22.9. The molecule has 2 N–H and O–H groups in total. The van der Waals surface area contributed by atoms with E-state index in [0.29, 0.717) is 11.6 Å². The third kappa shape index (κ3) is 4.62. The number of H-pyrrole nitrogens is 1. The minimum atomic E-state index is -4.38. The van der Waals surface area contributed by atoms with Crippen LogP contribution in [0.3, 0.4) is 0 Å². The molecule has 7 heteroatoms. The fourth-order valence-electron chi connectivity index (χ4n) is 3.56. The molecular weight excluding hydrogens is 417 g/mol. The highest BCUT2D eigenvalue weighted by atomic mass is 19.4. The molecule has 4 nitrogen and oxygen atoms in total. The lowest BCUT2D eigenvalue weighted by atomic mass is 9.91. The Labute approximate surface area is 183 Å². The van der Waals surface area contributed by atoms with Gasteiger partial charge in [0.05, 0.1) is 22.7 Å². The Kier molecular flexibility index (Phi) is 5.93. The zero-order valence-corrected chi connectivity index (χ0v) is 17.6. The van der Waals surface area contributed by atoms with Crippen molar-refractivity contribution in [1.29, 1.82) is 0 Å². The predicted octanol–water partition coefficient (Wildman–Crippen LogP) is 6.52. The summed E-state index contributed by atoms with van der Waals surface area (Å²) in [5, 5.41) is 10.6. The van der Waals surface area contributed by atoms with Gasteiger partial charge in [0, 0.05) is 0 Å². The molecule has 1 heterocycles. The quantitative estimate of drug-likeness (QED) is 0.359. The van der Waals surface area contributed by atoms with Crippen LogP contribution in [-0.2, 0) is 12.8 Å². The van der Waals surface area contributed by atoms with E-state index in [1.54, 1.807) is 0 Å². The first kappa shape index (κ1) is 21.9. The molecule has 0 aliphatic rings. The molecule has 32 heavy (non-hydrogen) atoms. The summed E-state index contributed by atoms with van der Waals surface area (Å²) in [4.78, 5) is 7.73. The van der Waals surface area contributed by atoms with Gasteiger partial charge < -0.3 is 14.8 Å². The van der Waals surface area contributed by atoms with Gasteiger partial charge in [0.15, 0.2) is 0 Å². The summed E-state index contributed by atoms with van der Waals surface area (Å²) < 4.78 is 43.6. The van der Waals surface area contributed by atoms with Gasteiger partial charge in [0.1, 0.15) is 18.2 Å². The van der Waals surface area contributed by atoms with Gasteiger partial charge in [-0.3, -0.25) is 0 Å². The van der Waals surface area contributed by atoms with Crippen LogP contribution in [0.25, 0.3) is 22.2 Å². The molecule has 0 radical (unpaired) electrons. The number of aromatic nitrogens is 2. The highest BCUT2D eigenvalue weighted by molar-refractivity contribution is 5.83. The maximum atomic E-state index is 12.7. The molecular formula is C25H23F3N2O2. The summed E-state index contributed by atoms with van der Waals surface area (Å²) in [5.41, 5.74) is 3.59. The normalized spacial score (nSPS) is 13.0. The lowest BCUT2D eigenvalue weighted by Crippen LogP contribution is -2.06. The molecule has 1 unspecified atom stereocenters. The monoisotopic (exact) mass is 440 g/mol. The molecule has 166 valence electrons. The Bertz CT molecular complexity index is 1210.